The zero-order valence-corrected chi connectivity index (χ0v) is 13.5. The van der Waals surface area contributed by atoms with Crippen molar-refractivity contribution in [1.29, 1.82) is 0 Å². The number of fused-ring (bicyclic) bond motifs is 1. The minimum atomic E-state index is -0.593. The molecule has 0 bridgehead atoms. The molecule has 3 heterocycles. The number of anilines is 1. The Morgan fingerprint density at radius 2 is 2.12 bits per heavy atom. The van der Waals surface area contributed by atoms with E-state index in [-0.39, 0.29) is 16.8 Å². The van der Waals surface area contributed by atoms with Crippen LogP contribution in [0, 0.1) is 0 Å². The first-order valence-corrected chi connectivity index (χ1v) is 7.75. The van der Waals surface area contributed by atoms with Gasteiger partial charge in [-0.1, -0.05) is 23.7 Å². The molecular weight excluding hydrogens is 332 g/mol. The Balaban J connectivity index is 1.52. The molecule has 4 rings (SSSR count). The molecule has 1 aliphatic rings. The highest BCUT2D eigenvalue weighted by molar-refractivity contribution is 6.32. The molecule has 122 valence electrons. The average Bonchev–Trinajstić information content (AvgIpc) is 2.97. The summed E-state index contributed by atoms with van der Waals surface area (Å²) < 4.78 is 10.4. The molecule has 1 fully saturated rings. The number of para-hydroxylation sites is 2. The number of carbonyl (C=O) groups is 1. The zero-order chi connectivity index (χ0) is 16.7. The normalized spacial score (nSPS) is 14.7. The van der Waals surface area contributed by atoms with Crippen LogP contribution in [0.3, 0.4) is 0 Å². The van der Waals surface area contributed by atoms with Gasteiger partial charge < -0.3 is 14.1 Å². The van der Waals surface area contributed by atoms with Gasteiger partial charge in [0, 0.05) is 19.0 Å². The molecule has 7 nitrogen and oxygen atoms in total. The van der Waals surface area contributed by atoms with E-state index in [1.807, 2.05) is 29.2 Å². The number of oxazole rings is 1. The number of rotatable bonds is 3. The summed E-state index contributed by atoms with van der Waals surface area (Å²) in [6.07, 6.45) is 1.59. The highest BCUT2D eigenvalue weighted by Gasteiger charge is 2.33. The standard InChI is InChI=1S/C16H13ClN4O3/c1-23-15(22)13-14(17)18-6-11(19-13)9-7-21(8-9)16-20-10-4-2-3-5-12(10)24-16/h2-6,9H,7-8H2,1H3. The lowest BCUT2D eigenvalue weighted by atomic mass is 9.97. The molecule has 24 heavy (non-hydrogen) atoms. The van der Waals surface area contributed by atoms with Crippen LogP contribution < -0.4 is 4.90 Å². The number of methoxy groups -OCH3 is 1. The molecule has 0 radical (unpaired) electrons. The maximum Gasteiger partial charge on any atom is 0.359 e. The molecule has 0 unspecified atom stereocenters. The van der Waals surface area contributed by atoms with Gasteiger partial charge in [0.15, 0.2) is 16.4 Å². The first kappa shape index (κ1) is 14.9. The quantitative estimate of drug-likeness (QED) is 0.675. The highest BCUT2D eigenvalue weighted by Crippen LogP contribution is 2.32. The van der Waals surface area contributed by atoms with E-state index in [9.17, 15) is 4.79 Å². The molecule has 0 saturated carbocycles. The lowest BCUT2D eigenvalue weighted by molar-refractivity contribution is 0.0593. The molecule has 0 amide bonds. The van der Waals surface area contributed by atoms with Crippen LogP contribution in [0.4, 0.5) is 6.01 Å². The lowest BCUT2D eigenvalue weighted by Crippen LogP contribution is -2.45. The third kappa shape index (κ3) is 2.46. The van der Waals surface area contributed by atoms with Crippen molar-refractivity contribution in [3.05, 3.63) is 47.0 Å². The summed E-state index contributed by atoms with van der Waals surface area (Å²) in [4.78, 5) is 26.5. The molecule has 3 aromatic rings. The van der Waals surface area contributed by atoms with Crippen LogP contribution in [0.25, 0.3) is 11.1 Å². The second-order valence-corrected chi connectivity index (χ2v) is 5.85. The molecule has 0 atom stereocenters. The van der Waals surface area contributed by atoms with Gasteiger partial charge in [0.2, 0.25) is 0 Å². The van der Waals surface area contributed by atoms with Crippen LogP contribution in [0.15, 0.2) is 34.9 Å². The largest absolute Gasteiger partial charge is 0.464 e. The van der Waals surface area contributed by atoms with Crippen molar-refractivity contribution in [2.45, 2.75) is 5.92 Å². The Bertz CT molecular complexity index is 888. The van der Waals surface area contributed by atoms with Crippen molar-refractivity contribution in [3.63, 3.8) is 0 Å². The third-order valence-corrected chi connectivity index (χ3v) is 4.25. The van der Waals surface area contributed by atoms with Crippen molar-refractivity contribution < 1.29 is 13.9 Å². The topological polar surface area (TPSA) is 81.4 Å². The third-order valence-electron chi connectivity index (χ3n) is 3.98. The zero-order valence-electron chi connectivity index (χ0n) is 12.8. The Morgan fingerprint density at radius 1 is 1.33 bits per heavy atom. The Labute approximate surface area is 142 Å². The SMILES string of the molecule is COC(=O)c1nc(C2CN(c3nc4ccccc4o3)C2)cnc1Cl. The fourth-order valence-corrected chi connectivity index (χ4v) is 2.80. The van der Waals surface area contributed by atoms with Gasteiger partial charge >= 0.3 is 5.97 Å². The number of ether oxygens (including phenoxy) is 1. The van der Waals surface area contributed by atoms with Crippen LogP contribution in [0.1, 0.15) is 22.1 Å². The average molecular weight is 345 g/mol. The van der Waals surface area contributed by atoms with E-state index in [0.29, 0.717) is 24.8 Å². The molecule has 1 saturated heterocycles. The fourth-order valence-electron chi connectivity index (χ4n) is 2.63. The van der Waals surface area contributed by atoms with Gasteiger partial charge in [0.25, 0.3) is 6.01 Å². The molecular formula is C16H13ClN4O3. The van der Waals surface area contributed by atoms with Gasteiger partial charge in [-0.05, 0) is 12.1 Å². The van der Waals surface area contributed by atoms with Crippen LogP contribution >= 0.6 is 11.6 Å². The molecule has 1 aliphatic heterocycles. The Kier molecular flexibility index (Phi) is 3.57. The minimum absolute atomic E-state index is 0.0389. The smallest absolute Gasteiger partial charge is 0.359 e. The lowest BCUT2D eigenvalue weighted by Gasteiger charge is -2.37. The second kappa shape index (κ2) is 5.76. The number of carbonyl (C=O) groups excluding carboxylic acids is 1. The van der Waals surface area contributed by atoms with E-state index < -0.39 is 5.97 Å². The van der Waals surface area contributed by atoms with E-state index in [1.165, 1.54) is 7.11 Å². The predicted octanol–water partition coefficient (Wildman–Crippen LogP) is 2.66. The van der Waals surface area contributed by atoms with Crippen LogP contribution in [-0.4, -0.2) is 41.1 Å². The maximum absolute atomic E-state index is 11.7. The van der Waals surface area contributed by atoms with Crippen LogP contribution in [0.2, 0.25) is 5.15 Å². The van der Waals surface area contributed by atoms with E-state index in [2.05, 4.69) is 19.7 Å². The number of hydrogen-bond donors (Lipinski definition) is 0. The number of aromatic nitrogens is 3. The summed E-state index contributed by atoms with van der Waals surface area (Å²) in [6.45, 7) is 1.37. The molecule has 8 heteroatoms. The number of esters is 1. The van der Waals surface area contributed by atoms with E-state index >= 15 is 0 Å². The highest BCUT2D eigenvalue weighted by atomic mass is 35.5. The number of halogens is 1. The summed E-state index contributed by atoms with van der Waals surface area (Å²) in [5.41, 5.74) is 2.33. The van der Waals surface area contributed by atoms with E-state index in [1.54, 1.807) is 6.20 Å². The molecule has 0 spiro atoms. The molecule has 0 N–H and O–H groups in total. The molecule has 2 aromatic heterocycles. The first-order valence-electron chi connectivity index (χ1n) is 7.37. The van der Waals surface area contributed by atoms with Crippen molar-refractivity contribution >= 4 is 34.7 Å². The Morgan fingerprint density at radius 3 is 2.88 bits per heavy atom. The summed E-state index contributed by atoms with van der Waals surface area (Å²) in [6, 6.07) is 8.21. The van der Waals surface area contributed by atoms with Gasteiger partial charge in [-0.3, -0.25) is 0 Å². The summed E-state index contributed by atoms with van der Waals surface area (Å²) in [5, 5.41) is 0.0423. The van der Waals surface area contributed by atoms with Crippen molar-refractivity contribution in [1.82, 2.24) is 15.0 Å². The van der Waals surface area contributed by atoms with Gasteiger partial charge in [-0.25, -0.2) is 14.8 Å². The van der Waals surface area contributed by atoms with Crippen molar-refractivity contribution in [3.8, 4) is 0 Å². The van der Waals surface area contributed by atoms with E-state index in [0.717, 1.165) is 11.1 Å². The van der Waals surface area contributed by atoms with Gasteiger partial charge in [0.1, 0.15) is 5.52 Å². The number of nitrogens with zero attached hydrogens (tertiary/aromatic N) is 4. The number of benzene rings is 1. The van der Waals surface area contributed by atoms with Crippen LogP contribution in [0.5, 0.6) is 0 Å². The van der Waals surface area contributed by atoms with Crippen LogP contribution in [-0.2, 0) is 4.74 Å². The predicted molar refractivity (Wildman–Crippen MR) is 87.3 cm³/mol. The fraction of sp³-hybridized carbons (Fsp3) is 0.250. The monoisotopic (exact) mass is 344 g/mol. The summed E-state index contributed by atoms with van der Waals surface area (Å²) >= 11 is 5.90. The second-order valence-electron chi connectivity index (χ2n) is 5.49. The maximum atomic E-state index is 11.7. The van der Waals surface area contributed by atoms with Gasteiger partial charge in [-0.15, -0.1) is 0 Å². The van der Waals surface area contributed by atoms with E-state index in [4.69, 9.17) is 16.0 Å². The molecule has 0 aliphatic carbocycles. The van der Waals surface area contributed by atoms with Gasteiger partial charge in [0.05, 0.1) is 19.0 Å². The Hall–Kier alpha value is -2.67. The summed E-state index contributed by atoms with van der Waals surface area (Å²) in [5.74, 6) is -0.460. The van der Waals surface area contributed by atoms with Crippen molar-refractivity contribution in [2.75, 3.05) is 25.1 Å². The minimum Gasteiger partial charge on any atom is -0.464 e. The summed E-state index contributed by atoms with van der Waals surface area (Å²) in [7, 11) is 1.28. The first-order chi connectivity index (χ1) is 11.7. The molecule has 1 aromatic carbocycles. The van der Waals surface area contributed by atoms with Crippen molar-refractivity contribution in [2.24, 2.45) is 0 Å². The van der Waals surface area contributed by atoms with Gasteiger partial charge in [-0.2, -0.15) is 4.98 Å². The number of hydrogen-bond acceptors (Lipinski definition) is 7.